The molecule has 0 aliphatic rings. The van der Waals surface area contributed by atoms with Gasteiger partial charge in [0.25, 0.3) is 0 Å². The van der Waals surface area contributed by atoms with Crippen LogP contribution in [0.3, 0.4) is 0 Å². The molecule has 0 amide bonds. The lowest BCUT2D eigenvalue weighted by molar-refractivity contribution is -0.123. The highest BCUT2D eigenvalue weighted by atomic mass is 16.5. The van der Waals surface area contributed by atoms with E-state index in [2.05, 4.69) is 11.8 Å². The molecule has 0 heterocycles. The third-order valence-corrected chi connectivity index (χ3v) is 2.60. The van der Waals surface area contributed by atoms with Crippen molar-refractivity contribution in [2.24, 2.45) is 5.92 Å². The van der Waals surface area contributed by atoms with Crippen molar-refractivity contribution in [2.45, 2.75) is 27.2 Å². The summed E-state index contributed by atoms with van der Waals surface area (Å²) in [6.45, 7) is 9.12. The molecule has 0 fully saturated rings. The molecule has 0 aromatic heterocycles. The van der Waals surface area contributed by atoms with Crippen LogP contribution in [-0.4, -0.2) is 44.0 Å². The molecule has 0 saturated heterocycles. The summed E-state index contributed by atoms with van der Waals surface area (Å²) < 4.78 is 4.99. The molecule has 0 aliphatic heterocycles. The van der Waals surface area contributed by atoms with Crippen molar-refractivity contribution in [3.63, 3.8) is 0 Å². The van der Waals surface area contributed by atoms with Crippen molar-refractivity contribution in [1.29, 1.82) is 0 Å². The van der Waals surface area contributed by atoms with Gasteiger partial charge in [-0.25, -0.2) is 0 Å². The van der Waals surface area contributed by atoms with Gasteiger partial charge in [0.2, 0.25) is 0 Å². The maximum atomic E-state index is 11.6. The van der Waals surface area contributed by atoms with Gasteiger partial charge in [0.1, 0.15) is 5.78 Å². The molecular formula is C11H23NO2. The van der Waals surface area contributed by atoms with Crippen molar-refractivity contribution in [3.05, 3.63) is 0 Å². The number of carbonyl (C=O) groups is 1. The van der Waals surface area contributed by atoms with E-state index in [1.54, 1.807) is 7.11 Å². The van der Waals surface area contributed by atoms with Crippen LogP contribution in [0.1, 0.15) is 27.2 Å². The predicted molar refractivity (Wildman–Crippen MR) is 58.5 cm³/mol. The average molecular weight is 201 g/mol. The summed E-state index contributed by atoms with van der Waals surface area (Å²) in [5.41, 5.74) is 0. The van der Waals surface area contributed by atoms with E-state index in [1.807, 2.05) is 13.8 Å². The number of ketones is 1. The van der Waals surface area contributed by atoms with Gasteiger partial charge in [-0.3, -0.25) is 9.69 Å². The predicted octanol–water partition coefficient (Wildman–Crippen LogP) is 1.57. The smallest absolute Gasteiger partial charge is 0.149 e. The fourth-order valence-electron chi connectivity index (χ4n) is 1.17. The Morgan fingerprint density at radius 2 is 2.07 bits per heavy atom. The second-order valence-corrected chi connectivity index (χ2v) is 3.64. The number of hydrogen-bond donors (Lipinski definition) is 0. The van der Waals surface area contributed by atoms with Crippen molar-refractivity contribution < 1.29 is 9.53 Å². The first-order valence-corrected chi connectivity index (χ1v) is 5.39. The molecule has 0 rings (SSSR count). The van der Waals surface area contributed by atoms with Crippen LogP contribution >= 0.6 is 0 Å². The highest BCUT2D eigenvalue weighted by Crippen LogP contribution is 2.03. The Balaban J connectivity index is 3.85. The number of methoxy groups -OCH3 is 1. The Morgan fingerprint density at radius 1 is 1.43 bits per heavy atom. The first-order valence-electron chi connectivity index (χ1n) is 5.39. The molecule has 1 atom stereocenters. The van der Waals surface area contributed by atoms with Gasteiger partial charge in [0, 0.05) is 19.6 Å². The summed E-state index contributed by atoms with van der Waals surface area (Å²) >= 11 is 0. The normalized spacial score (nSPS) is 13.2. The summed E-state index contributed by atoms with van der Waals surface area (Å²) in [4.78, 5) is 13.7. The Hall–Kier alpha value is -0.410. The zero-order chi connectivity index (χ0) is 11.0. The quantitative estimate of drug-likeness (QED) is 0.597. The van der Waals surface area contributed by atoms with Gasteiger partial charge in [-0.05, 0) is 13.0 Å². The Bertz CT molecular complexity index is 159. The van der Waals surface area contributed by atoms with Crippen LogP contribution in [-0.2, 0) is 9.53 Å². The zero-order valence-corrected chi connectivity index (χ0v) is 9.88. The average Bonchev–Trinajstić information content (AvgIpc) is 2.22. The van der Waals surface area contributed by atoms with Crippen LogP contribution in [0.4, 0.5) is 0 Å². The van der Waals surface area contributed by atoms with Crippen molar-refractivity contribution in [3.8, 4) is 0 Å². The molecule has 0 bridgehead atoms. The molecule has 0 aromatic carbocycles. The minimum Gasteiger partial charge on any atom is -0.383 e. The fraction of sp³-hybridized carbons (Fsp3) is 0.909. The number of nitrogens with zero attached hydrogens (tertiary/aromatic N) is 1. The molecule has 14 heavy (non-hydrogen) atoms. The second-order valence-electron chi connectivity index (χ2n) is 3.64. The monoisotopic (exact) mass is 201 g/mol. The summed E-state index contributed by atoms with van der Waals surface area (Å²) in [6, 6.07) is 0. The SMILES string of the molecule is CCC(C)C(=O)CN(CC)CCOC. The molecule has 0 saturated carbocycles. The van der Waals surface area contributed by atoms with E-state index in [0.29, 0.717) is 18.9 Å². The first kappa shape index (κ1) is 13.6. The van der Waals surface area contributed by atoms with E-state index >= 15 is 0 Å². The van der Waals surface area contributed by atoms with E-state index < -0.39 is 0 Å². The number of carbonyl (C=O) groups excluding carboxylic acids is 1. The lowest BCUT2D eigenvalue weighted by atomic mass is 10.0. The van der Waals surface area contributed by atoms with Crippen molar-refractivity contribution in [1.82, 2.24) is 4.90 Å². The van der Waals surface area contributed by atoms with E-state index in [-0.39, 0.29) is 5.92 Å². The Morgan fingerprint density at radius 3 is 2.50 bits per heavy atom. The topological polar surface area (TPSA) is 29.5 Å². The molecule has 3 heteroatoms. The van der Waals surface area contributed by atoms with Crippen molar-refractivity contribution in [2.75, 3.05) is 33.4 Å². The fourth-order valence-corrected chi connectivity index (χ4v) is 1.17. The number of Topliss-reactive ketones (excluding diaryl/α,β-unsaturated/α-hetero) is 1. The minimum absolute atomic E-state index is 0.187. The van der Waals surface area contributed by atoms with Gasteiger partial charge < -0.3 is 4.74 Å². The number of rotatable bonds is 8. The largest absolute Gasteiger partial charge is 0.383 e. The molecule has 0 aromatic rings. The van der Waals surface area contributed by atoms with Gasteiger partial charge in [-0.2, -0.15) is 0 Å². The van der Waals surface area contributed by atoms with E-state index in [0.717, 1.165) is 19.5 Å². The van der Waals surface area contributed by atoms with Crippen LogP contribution in [0, 0.1) is 5.92 Å². The van der Waals surface area contributed by atoms with E-state index in [9.17, 15) is 4.79 Å². The molecular weight excluding hydrogens is 178 g/mol. The van der Waals surface area contributed by atoms with Gasteiger partial charge in [-0.1, -0.05) is 20.8 Å². The minimum atomic E-state index is 0.187. The maximum Gasteiger partial charge on any atom is 0.149 e. The zero-order valence-electron chi connectivity index (χ0n) is 9.88. The van der Waals surface area contributed by atoms with Crippen LogP contribution in [0.2, 0.25) is 0 Å². The van der Waals surface area contributed by atoms with E-state index in [4.69, 9.17) is 4.74 Å². The van der Waals surface area contributed by atoms with Crippen LogP contribution < -0.4 is 0 Å². The van der Waals surface area contributed by atoms with Gasteiger partial charge in [0.15, 0.2) is 0 Å². The molecule has 0 radical (unpaired) electrons. The second kappa shape index (κ2) is 7.94. The van der Waals surface area contributed by atoms with Crippen LogP contribution in [0.25, 0.3) is 0 Å². The number of hydrogen-bond acceptors (Lipinski definition) is 3. The lowest BCUT2D eigenvalue weighted by Crippen LogP contribution is -2.34. The number of ether oxygens (including phenoxy) is 1. The van der Waals surface area contributed by atoms with E-state index in [1.165, 1.54) is 0 Å². The first-order chi connectivity index (χ1) is 6.65. The standard InChI is InChI=1S/C11H23NO2/c1-5-10(3)11(13)9-12(6-2)7-8-14-4/h10H,5-9H2,1-4H3. The third kappa shape index (κ3) is 5.35. The molecule has 3 nitrogen and oxygen atoms in total. The molecule has 0 N–H and O–H groups in total. The number of likely N-dealkylation sites (N-methyl/N-ethyl adjacent to an activating group) is 1. The van der Waals surface area contributed by atoms with Gasteiger partial charge >= 0.3 is 0 Å². The maximum absolute atomic E-state index is 11.6. The molecule has 0 spiro atoms. The van der Waals surface area contributed by atoms with Gasteiger partial charge in [0.05, 0.1) is 13.2 Å². The Labute approximate surface area is 87.4 Å². The summed E-state index contributed by atoms with van der Waals surface area (Å²) in [5, 5.41) is 0. The lowest BCUT2D eigenvalue weighted by Gasteiger charge is -2.20. The molecule has 0 aliphatic carbocycles. The molecule has 84 valence electrons. The summed E-state index contributed by atoms with van der Waals surface area (Å²) in [5.74, 6) is 0.525. The molecule has 1 unspecified atom stereocenters. The van der Waals surface area contributed by atoms with Crippen LogP contribution in [0.5, 0.6) is 0 Å². The highest BCUT2D eigenvalue weighted by Gasteiger charge is 2.13. The van der Waals surface area contributed by atoms with Crippen molar-refractivity contribution >= 4 is 5.78 Å². The third-order valence-electron chi connectivity index (χ3n) is 2.60. The van der Waals surface area contributed by atoms with Crippen LogP contribution in [0.15, 0.2) is 0 Å². The highest BCUT2D eigenvalue weighted by molar-refractivity contribution is 5.82. The summed E-state index contributed by atoms with van der Waals surface area (Å²) in [7, 11) is 1.68. The summed E-state index contributed by atoms with van der Waals surface area (Å²) in [6.07, 6.45) is 0.931. The van der Waals surface area contributed by atoms with Gasteiger partial charge in [-0.15, -0.1) is 0 Å². The Kier molecular flexibility index (Phi) is 7.71.